The zero-order valence-electron chi connectivity index (χ0n) is 9.66. The first kappa shape index (κ1) is 14.4. The average Bonchev–Trinajstić information content (AvgIpc) is 2.21. The SMILES string of the molecule is CCCCCCNCCCCCCBr. The number of hydrogen-bond donors (Lipinski definition) is 1. The molecule has 0 unspecified atom stereocenters. The van der Waals surface area contributed by atoms with E-state index in [-0.39, 0.29) is 0 Å². The molecule has 0 saturated heterocycles. The Morgan fingerprint density at radius 3 is 1.93 bits per heavy atom. The molecular formula is C12H26BrN. The summed E-state index contributed by atoms with van der Waals surface area (Å²) in [7, 11) is 0. The minimum absolute atomic E-state index is 1.16. The summed E-state index contributed by atoms with van der Waals surface area (Å²) in [5, 5.41) is 4.67. The summed E-state index contributed by atoms with van der Waals surface area (Å²) < 4.78 is 0. The molecule has 0 aromatic heterocycles. The molecule has 1 N–H and O–H groups in total. The highest BCUT2D eigenvalue weighted by molar-refractivity contribution is 9.09. The van der Waals surface area contributed by atoms with Gasteiger partial charge in [0, 0.05) is 5.33 Å². The lowest BCUT2D eigenvalue weighted by molar-refractivity contribution is 0.565. The van der Waals surface area contributed by atoms with Crippen LogP contribution in [0.15, 0.2) is 0 Å². The molecule has 0 saturated carbocycles. The molecule has 0 heterocycles. The molecule has 14 heavy (non-hydrogen) atoms. The topological polar surface area (TPSA) is 12.0 Å². The van der Waals surface area contributed by atoms with Crippen LogP contribution in [0.3, 0.4) is 0 Å². The molecule has 0 aliphatic carbocycles. The maximum atomic E-state index is 3.51. The second-order valence-electron chi connectivity index (χ2n) is 3.91. The molecule has 0 atom stereocenters. The highest BCUT2D eigenvalue weighted by atomic mass is 79.9. The summed E-state index contributed by atoms with van der Waals surface area (Å²) in [6.07, 6.45) is 10.9. The van der Waals surface area contributed by atoms with Gasteiger partial charge in [-0.1, -0.05) is 55.0 Å². The standard InChI is InChI=1S/C12H26BrN/c1-2-3-4-8-11-14-12-9-6-5-7-10-13/h14H,2-12H2,1H3. The van der Waals surface area contributed by atoms with E-state index in [2.05, 4.69) is 28.2 Å². The normalized spacial score (nSPS) is 10.7. The van der Waals surface area contributed by atoms with E-state index < -0.39 is 0 Å². The summed E-state index contributed by atoms with van der Waals surface area (Å²) in [6.45, 7) is 4.70. The largest absolute Gasteiger partial charge is 0.317 e. The van der Waals surface area contributed by atoms with E-state index in [4.69, 9.17) is 0 Å². The average molecular weight is 264 g/mol. The molecule has 0 aliphatic heterocycles. The van der Waals surface area contributed by atoms with Crippen LogP contribution in [-0.4, -0.2) is 18.4 Å². The maximum Gasteiger partial charge on any atom is 0.00313 e. The van der Waals surface area contributed by atoms with Gasteiger partial charge in [0.05, 0.1) is 0 Å². The number of hydrogen-bond acceptors (Lipinski definition) is 1. The highest BCUT2D eigenvalue weighted by Crippen LogP contribution is 2.01. The summed E-state index contributed by atoms with van der Waals surface area (Å²) >= 11 is 3.45. The van der Waals surface area contributed by atoms with Crippen molar-refractivity contribution in [2.24, 2.45) is 0 Å². The Hall–Kier alpha value is 0.440. The van der Waals surface area contributed by atoms with Gasteiger partial charge in [-0.15, -0.1) is 0 Å². The molecule has 0 aliphatic rings. The van der Waals surface area contributed by atoms with Crippen LogP contribution in [-0.2, 0) is 0 Å². The molecule has 0 radical (unpaired) electrons. The monoisotopic (exact) mass is 263 g/mol. The third-order valence-electron chi connectivity index (χ3n) is 2.44. The predicted molar refractivity (Wildman–Crippen MR) is 69.3 cm³/mol. The smallest absolute Gasteiger partial charge is 0.00313 e. The number of unbranched alkanes of at least 4 members (excludes halogenated alkanes) is 6. The Labute approximate surface area is 98.2 Å². The number of nitrogens with one attached hydrogen (secondary N) is 1. The highest BCUT2D eigenvalue weighted by Gasteiger charge is 1.90. The minimum atomic E-state index is 1.16. The lowest BCUT2D eigenvalue weighted by atomic mass is 10.2. The molecule has 0 fully saturated rings. The number of rotatable bonds is 11. The number of alkyl halides is 1. The van der Waals surface area contributed by atoms with E-state index in [1.807, 2.05) is 0 Å². The first-order valence-electron chi connectivity index (χ1n) is 6.18. The van der Waals surface area contributed by atoms with Crippen LogP contribution in [0.5, 0.6) is 0 Å². The zero-order valence-corrected chi connectivity index (χ0v) is 11.2. The lowest BCUT2D eigenvalue weighted by Crippen LogP contribution is -2.16. The van der Waals surface area contributed by atoms with Gasteiger partial charge in [0.25, 0.3) is 0 Å². The fraction of sp³-hybridized carbons (Fsp3) is 1.00. The van der Waals surface area contributed by atoms with Gasteiger partial charge in [-0.3, -0.25) is 0 Å². The maximum absolute atomic E-state index is 3.51. The predicted octanol–water partition coefficient (Wildman–Crippen LogP) is 4.11. The molecule has 0 aromatic carbocycles. The summed E-state index contributed by atoms with van der Waals surface area (Å²) in [4.78, 5) is 0. The summed E-state index contributed by atoms with van der Waals surface area (Å²) in [5.74, 6) is 0. The third kappa shape index (κ3) is 12.4. The molecule has 0 rings (SSSR count). The Morgan fingerprint density at radius 1 is 0.786 bits per heavy atom. The van der Waals surface area contributed by atoms with Crippen LogP contribution in [0.1, 0.15) is 58.3 Å². The van der Waals surface area contributed by atoms with Crippen LogP contribution in [0, 0.1) is 0 Å². The molecule has 1 nitrogen and oxygen atoms in total. The van der Waals surface area contributed by atoms with E-state index in [9.17, 15) is 0 Å². The van der Waals surface area contributed by atoms with Crippen molar-refractivity contribution in [1.82, 2.24) is 5.32 Å². The van der Waals surface area contributed by atoms with E-state index in [0.717, 1.165) is 5.33 Å². The number of halogens is 1. The van der Waals surface area contributed by atoms with Crippen molar-refractivity contribution < 1.29 is 0 Å². The zero-order chi connectivity index (χ0) is 10.5. The van der Waals surface area contributed by atoms with Crippen LogP contribution >= 0.6 is 15.9 Å². The van der Waals surface area contributed by atoms with Gasteiger partial charge in [0.2, 0.25) is 0 Å². The molecule has 2 heteroatoms. The Bertz CT molecular complexity index is 84.3. The molecular weight excluding hydrogens is 238 g/mol. The summed E-state index contributed by atoms with van der Waals surface area (Å²) in [6, 6.07) is 0. The Balaban J connectivity index is 2.78. The fourth-order valence-electron chi connectivity index (χ4n) is 1.50. The fourth-order valence-corrected chi connectivity index (χ4v) is 1.90. The second kappa shape index (κ2) is 13.4. The van der Waals surface area contributed by atoms with E-state index in [1.165, 1.54) is 64.5 Å². The van der Waals surface area contributed by atoms with Crippen molar-refractivity contribution >= 4 is 15.9 Å². The minimum Gasteiger partial charge on any atom is -0.317 e. The quantitative estimate of drug-likeness (QED) is 0.437. The van der Waals surface area contributed by atoms with E-state index in [0.29, 0.717) is 0 Å². The molecule has 0 spiro atoms. The van der Waals surface area contributed by atoms with Crippen molar-refractivity contribution in [2.75, 3.05) is 18.4 Å². The van der Waals surface area contributed by atoms with Crippen molar-refractivity contribution in [3.63, 3.8) is 0 Å². The van der Waals surface area contributed by atoms with Crippen LogP contribution < -0.4 is 5.32 Å². The first-order valence-corrected chi connectivity index (χ1v) is 7.30. The van der Waals surface area contributed by atoms with E-state index in [1.54, 1.807) is 0 Å². The van der Waals surface area contributed by atoms with Gasteiger partial charge in [-0.2, -0.15) is 0 Å². The first-order chi connectivity index (χ1) is 6.91. The van der Waals surface area contributed by atoms with Gasteiger partial charge >= 0.3 is 0 Å². The molecule has 0 aromatic rings. The van der Waals surface area contributed by atoms with Crippen LogP contribution in [0.2, 0.25) is 0 Å². The lowest BCUT2D eigenvalue weighted by Gasteiger charge is -2.03. The second-order valence-corrected chi connectivity index (χ2v) is 4.71. The summed E-state index contributed by atoms with van der Waals surface area (Å²) in [5.41, 5.74) is 0. The van der Waals surface area contributed by atoms with Crippen molar-refractivity contribution in [2.45, 2.75) is 58.3 Å². The van der Waals surface area contributed by atoms with Gasteiger partial charge in [0.15, 0.2) is 0 Å². The van der Waals surface area contributed by atoms with Crippen LogP contribution in [0.4, 0.5) is 0 Å². The van der Waals surface area contributed by atoms with Gasteiger partial charge in [-0.25, -0.2) is 0 Å². The van der Waals surface area contributed by atoms with Crippen molar-refractivity contribution in [3.8, 4) is 0 Å². The Morgan fingerprint density at radius 2 is 1.36 bits per heavy atom. The van der Waals surface area contributed by atoms with E-state index >= 15 is 0 Å². The van der Waals surface area contributed by atoms with Crippen molar-refractivity contribution in [3.05, 3.63) is 0 Å². The van der Waals surface area contributed by atoms with Gasteiger partial charge < -0.3 is 5.32 Å². The van der Waals surface area contributed by atoms with Crippen molar-refractivity contribution in [1.29, 1.82) is 0 Å². The molecule has 0 amide bonds. The molecule has 86 valence electrons. The van der Waals surface area contributed by atoms with Gasteiger partial charge in [0.1, 0.15) is 0 Å². The Kier molecular flexibility index (Phi) is 13.9. The van der Waals surface area contributed by atoms with Gasteiger partial charge in [-0.05, 0) is 32.4 Å². The van der Waals surface area contributed by atoms with Crippen LogP contribution in [0.25, 0.3) is 0 Å². The third-order valence-corrected chi connectivity index (χ3v) is 3.01. The molecule has 0 bridgehead atoms.